The van der Waals surface area contributed by atoms with Gasteiger partial charge in [0.15, 0.2) is 0 Å². The molecule has 0 aromatic heterocycles. The van der Waals surface area contributed by atoms with Gasteiger partial charge in [-0.2, -0.15) is 0 Å². The van der Waals surface area contributed by atoms with Gasteiger partial charge in [-0.1, -0.05) is 6.07 Å². The lowest BCUT2D eigenvalue weighted by molar-refractivity contribution is 0.0954. The van der Waals surface area contributed by atoms with E-state index < -0.39 is 10.0 Å². The van der Waals surface area contributed by atoms with Crippen LogP contribution in [0.2, 0.25) is 0 Å². The Morgan fingerprint density at radius 2 is 2.17 bits per heavy atom. The molecule has 0 atom stereocenters. The normalized spacial score (nSPS) is 10.3. The maximum Gasteiger partial charge on any atom is 0.251 e. The van der Waals surface area contributed by atoms with Crippen LogP contribution < -0.4 is 10.5 Å². The first-order valence-corrected chi connectivity index (χ1v) is 6.80. The van der Waals surface area contributed by atoms with Crippen molar-refractivity contribution in [2.75, 3.05) is 6.54 Å². The summed E-state index contributed by atoms with van der Waals surface area (Å²) in [6, 6.07) is 5.58. The number of amides is 1. The van der Waals surface area contributed by atoms with Gasteiger partial charge in [0, 0.05) is 18.5 Å². The smallest absolute Gasteiger partial charge is 0.251 e. The van der Waals surface area contributed by atoms with Crippen molar-refractivity contribution in [3.05, 3.63) is 29.8 Å². The minimum Gasteiger partial charge on any atom is -0.351 e. The molecule has 0 unspecified atom stereocenters. The van der Waals surface area contributed by atoms with Crippen LogP contribution in [0.25, 0.3) is 0 Å². The molecule has 0 radical (unpaired) electrons. The quantitative estimate of drug-likeness (QED) is 0.613. The lowest BCUT2D eigenvalue weighted by atomic mass is 10.2. The predicted octanol–water partition coefficient (Wildman–Crippen LogP) is 0.477. The SMILES string of the molecule is CC#CCCNC(=O)c1cccc(S(N)(=O)=O)c1. The fourth-order valence-corrected chi connectivity index (χ4v) is 1.84. The summed E-state index contributed by atoms with van der Waals surface area (Å²) >= 11 is 0. The maximum absolute atomic E-state index is 11.7. The summed E-state index contributed by atoms with van der Waals surface area (Å²) in [5, 5.41) is 7.62. The van der Waals surface area contributed by atoms with Gasteiger partial charge < -0.3 is 5.32 Å². The molecule has 18 heavy (non-hydrogen) atoms. The van der Waals surface area contributed by atoms with Gasteiger partial charge in [0.2, 0.25) is 10.0 Å². The van der Waals surface area contributed by atoms with E-state index >= 15 is 0 Å². The first-order valence-electron chi connectivity index (χ1n) is 5.26. The molecule has 0 heterocycles. The van der Waals surface area contributed by atoms with Crippen LogP contribution in [-0.2, 0) is 10.0 Å². The van der Waals surface area contributed by atoms with Gasteiger partial charge in [0.05, 0.1) is 4.90 Å². The summed E-state index contributed by atoms with van der Waals surface area (Å²) in [7, 11) is -3.79. The number of nitrogens with two attached hydrogens (primary N) is 1. The molecule has 5 nitrogen and oxygen atoms in total. The third-order valence-corrected chi connectivity index (χ3v) is 3.05. The van der Waals surface area contributed by atoms with E-state index in [9.17, 15) is 13.2 Å². The summed E-state index contributed by atoms with van der Waals surface area (Å²) in [4.78, 5) is 11.6. The zero-order valence-corrected chi connectivity index (χ0v) is 10.8. The molecule has 0 saturated heterocycles. The Kier molecular flexibility index (Phi) is 4.89. The molecule has 1 aromatic carbocycles. The second-order valence-corrected chi connectivity index (χ2v) is 5.07. The lowest BCUT2D eigenvalue weighted by Crippen LogP contribution is -2.24. The highest BCUT2D eigenvalue weighted by Crippen LogP contribution is 2.09. The summed E-state index contributed by atoms with van der Waals surface area (Å²) in [6.45, 7) is 2.14. The topological polar surface area (TPSA) is 89.3 Å². The minimum absolute atomic E-state index is 0.0801. The zero-order chi connectivity index (χ0) is 13.6. The van der Waals surface area contributed by atoms with Crippen LogP contribution in [-0.4, -0.2) is 20.9 Å². The van der Waals surface area contributed by atoms with Crippen molar-refractivity contribution in [1.29, 1.82) is 0 Å². The van der Waals surface area contributed by atoms with Crippen LogP contribution >= 0.6 is 0 Å². The molecule has 0 fully saturated rings. The largest absolute Gasteiger partial charge is 0.351 e. The molecule has 1 aromatic rings. The number of carbonyl (C=O) groups is 1. The molecule has 1 rings (SSSR count). The molecule has 0 spiro atoms. The number of hydrogen-bond donors (Lipinski definition) is 2. The molecule has 96 valence electrons. The van der Waals surface area contributed by atoms with Crippen molar-refractivity contribution < 1.29 is 13.2 Å². The molecule has 0 aliphatic heterocycles. The first kappa shape index (κ1) is 14.2. The number of rotatable bonds is 4. The van der Waals surface area contributed by atoms with Crippen LogP contribution in [0.1, 0.15) is 23.7 Å². The standard InChI is InChI=1S/C12H14N2O3S/c1-2-3-4-8-14-12(15)10-6-5-7-11(9-10)18(13,16)17/h5-7,9H,4,8H2,1H3,(H,14,15)(H2,13,16,17). The third kappa shape index (κ3) is 4.20. The number of primary sulfonamides is 1. The fraction of sp³-hybridized carbons (Fsp3) is 0.250. The van der Waals surface area contributed by atoms with Crippen molar-refractivity contribution in [3.8, 4) is 11.8 Å². The van der Waals surface area contributed by atoms with Crippen LogP contribution in [0.15, 0.2) is 29.2 Å². The van der Waals surface area contributed by atoms with Crippen molar-refractivity contribution in [2.24, 2.45) is 5.14 Å². The Hall–Kier alpha value is -1.84. The molecular formula is C12H14N2O3S. The molecule has 0 saturated carbocycles. The van der Waals surface area contributed by atoms with E-state index in [-0.39, 0.29) is 16.4 Å². The second-order valence-electron chi connectivity index (χ2n) is 3.51. The number of carbonyl (C=O) groups excluding carboxylic acids is 1. The van der Waals surface area contributed by atoms with Gasteiger partial charge in [-0.25, -0.2) is 13.6 Å². The van der Waals surface area contributed by atoms with Gasteiger partial charge in [-0.05, 0) is 25.1 Å². The van der Waals surface area contributed by atoms with Crippen LogP contribution in [0.3, 0.4) is 0 Å². The number of nitrogens with one attached hydrogen (secondary N) is 1. The highest BCUT2D eigenvalue weighted by Gasteiger charge is 2.11. The van der Waals surface area contributed by atoms with Gasteiger partial charge in [-0.15, -0.1) is 11.8 Å². The minimum atomic E-state index is -3.79. The Bertz CT molecular complexity index is 597. The molecule has 1 amide bonds. The average Bonchev–Trinajstić information content (AvgIpc) is 2.33. The van der Waals surface area contributed by atoms with Gasteiger partial charge in [-0.3, -0.25) is 4.79 Å². The Balaban J connectivity index is 2.77. The molecule has 0 bridgehead atoms. The second kappa shape index (κ2) is 6.19. The van der Waals surface area contributed by atoms with E-state index in [1.165, 1.54) is 24.3 Å². The van der Waals surface area contributed by atoms with E-state index in [2.05, 4.69) is 17.2 Å². The van der Waals surface area contributed by atoms with Gasteiger partial charge in [0.25, 0.3) is 5.91 Å². The summed E-state index contributed by atoms with van der Waals surface area (Å²) in [5.74, 6) is 5.17. The van der Waals surface area contributed by atoms with Gasteiger partial charge in [0.1, 0.15) is 0 Å². The van der Waals surface area contributed by atoms with Crippen LogP contribution in [0.5, 0.6) is 0 Å². The Morgan fingerprint density at radius 1 is 1.44 bits per heavy atom. The number of hydrogen-bond acceptors (Lipinski definition) is 3. The molecule has 6 heteroatoms. The van der Waals surface area contributed by atoms with Crippen molar-refractivity contribution >= 4 is 15.9 Å². The van der Waals surface area contributed by atoms with E-state index in [1.807, 2.05) is 0 Å². The molecule has 3 N–H and O–H groups in total. The average molecular weight is 266 g/mol. The highest BCUT2D eigenvalue weighted by molar-refractivity contribution is 7.89. The van der Waals surface area contributed by atoms with E-state index in [0.29, 0.717) is 13.0 Å². The Morgan fingerprint density at radius 3 is 2.78 bits per heavy atom. The third-order valence-electron chi connectivity index (χ3n) is 2.14. The van der Waals surface area contributed by atoms with Crippen molar-refractivity contribution in [3.63, 3.8) is 0 Å². The van der Waals surface area contributed by atoms with Gasteiger partial charge >= 0.3 is 0 Å². The zero-order valence-electron chi connectivity index (χ0n) is 9.93. The van der Waals surface area contributed by atoms with Crippen LogP contribution in [0.4, 0.5) is 0 Å². The first-order chi connectivity index (χ1) is 8.45. The van der Waals surface area contributed by atoms with Crippen molar-refractivity contribution in [1.82, 2.24) is 5.32 Å². The fourth-order valence-electron chi connectivity index (χ4n) is 1.28. The summed E-state index contributed by atoms with van der Waals surface area (Å²) in [6.07, 6.45) is 0.553. The summed E-state index contributed by atoms with van der Waals surface area (Å²) < 4.78 is 22.3. The monoisotopic (exact) mass is 266 g/mol. The molecule has 0 aliphatic rings. The predicted molar refractivity (Wildman–Crippen MR) is 68.2 cm³/mol. The highest BCUT2D eigenvalue weighted by atomic mass is 32.2. The van der Waals surface area contributed by atoms with E-state index in [1.54, 1.807) is 6.92 Å². The maximum atomic E-state index is 11.7. The lowest BCUT2D eigenvalue weighted by Gasteiger charge is -2.04. The number of benzene rings is 1. The van der Waals surface area contributed by atoms with E-state index in [0.717, 1.165) is 0 Å². The Labute approximate surface area is 106 Å². The van der Waals surface area contributed by atoms with Crippen LogP contribution in [0, 0.1) is 11.8 Å². The van der Waals surface area contributed by atoms with E-state index in [4.69, 9.17) is 5.14 Å². The van der Waals surface area contributed by atoms with Crippen molar-refractivity contribution in [2.45, 2.75) is 18.2 Å². The molecular weight excluding hydrogens is 252 g/mol. The summed E-state index contributed by atoms with van der Waals surface area (Å²) in [5.41, 5.74) is 0.256. The number of sulfonamides is 1. The molecule has 0 aliphatic carbocycles.